The first-order valence-corrected chi connectivity index (χ1v) is 7.23. The maximum Gasteiger partial charge on any atom is 0.306 e. The number of carbonyl (C=O) groups is 2. The molecule has 0 saturated carbocycles. The summed E-state index contributed by atoms with van der Waals surface area (Å²) in [5.41, 5.74) is 2.55. The zero-order chi connectivity index (χ0) is 15.5. The molecule has 0 fully saturated rings. The van der Waals surface area contributed by atoms with Gasteiger partial charge in [-0.2, -0.15) is 0 Å². The van der Waals surface area contributed by atoms with E-state index in [1.165, 1.54) is 7.11 Å². The number of fused-ring (bicyclic) bond motifs is 1. The van der Waals surface area contributed by atoms with Crippen LogP contribution in [0, 0.1) is 0 Å². The smallest absolute Gasteiger partial charge is 0.306 e. The largest absolute Gasteiger partial charge is 0.469 e. The van der Waals surface area contributed by atoms with Crippen LogP contribution in [-0.4, -0.2) is 25.5 Å². The van der Waals surface area contributed by atoms with E-state index in [2.05, 4.69) is 0 Å². The van der Waals surface area contributed by atoms with Crippen LogP contribution in [0.2, 0.25) is 0 Å². The van der Waals surface area contributed by atoms with Crippen molar-refractivity contribution < 1.29 is 14.3 Å². The molecular formula is C18H17NO3. The van der Waals surface area contributed by atoms with Crippen molar-refractivity contribution in [3.63, 3.8) is 0 Å². The number of nitrogens with zero attached hydrogens (tertiary/aromatic N) is 1. The van der Waals surface area contributed by atoms with Crippen LogP contribution in [-0.2, 0) is 9.53 Å². The molecule has 1 aliphatic heterocycles. The van der Waals surface area contributed by atoms with Crippen LogP contribution in [0.1, 0.15) is 28.3 Å². The molecule has 0 aromatic heterocycles. The monoisotopic (exact) mass is 295 g/mol. The normalized spacial score (nSPS) is 16.2. The van der Waals surface area contributed by atoms with Gasteiger partial charge in [-0.25, -0.2) is 0 Å². The third kappa shape index (κ3) is 2.60. The fourth-order valence-electron chi connectivity index (χ4n) is 2.88. The Kier molecular flexibility index (Phi) is 3.92. The second-order valence-corrected chi connectivity index (χ2v) is 5.32. The Balaban J connectivity index is 1.91. The minimum absolute atomic E-state index is 0.0173. The van der Waals surface area contributed by atoms with Gasteiger partial charge in [0.05, 0.1) is 13.5 Å². The number of anilines is 1. The molecule has 22 heavy (non-hydrogen) atoms. The van der Waals surface area contributed by atoms with Crippen molar-refractivity contribution in [2.45, 2.75) is 12.3 Å². The molecule has 0 aliphatic carbocycles. The summed E-state index contributed by atoms with van der Waals surface area (Å²) >= 11 is 0. The first-order valence-electron chi connectivity index (χ1n) is 7.23. The third-order valence-electron chi connectivity index (χ3n) is 3.98. The molecule has 0 saturated heterocycles. The fourth-order valence-corrected chi connectivity index (χ4v) is 2.88. The van der Waals surface area contributed by atoms with Crippen LogP contribution in [0.25, 0.3) is 0 Å². The molecule has 1 heterocycles. The number of hydrogen-bond acceptors (Lipinski definition) is 3. The molecule has 1 atom stereocenters. The van der Waals surface area contributed by atoms with E-state index in [0.29, 0.717) is 12.1 Å². The van der Waals surface area contributed by atoms with E-state index in [1.807, 2.05) is 42.5 Å². The summed E-state index contributed by atoms with van der Waals surface area (Å²) in [5, 5.41) is 0. The average Bonchev–Trinajstić information content (AvgIpc) is 2.93. The van der Waals surface area contributed by atoms with E-state index in [9.17, 15) is 9.59 Å². The molecule has 3 rings (SSSR count). The molecule has 4 heteroatoms. The predicted octanol–water partition coefficient (Wildman–Crippen LogP) is 2.99. The summed E-state index contributed by atoms with van der Waals surface area (Å²) < 4.78 is 4.77. The molecular weight excluding hydrogens is 278 g/mol. The van der Waals surface area contributed by atoms with Gasteiger partial charge >= 0.3 is 5.97 Å². The molecule has 112 valence electrons. The number of methoxy groups -OCH3 is 1. The maximum absolute atomic E-state index is 12.7. The summed E-state index contributed by atoms with van der Waals surface area (Å²) in [6.45, 7) is 0.502. The Morgan fingerprint density at radius 2 is 1.77 bits per heavy atom. The number of para-hydroxylation sites is 1. The zero-order valence-electron chi connectivity index (χ0n) is 12.4. The van der Waals surface area contributed by atoms with Gasteiger partial charge in [0.1, 0.15) is 0 Å². The summed E-state index contributed by atoms with van der Waals surface area (Å²) in [7, 11) is 1.38. The highest BCUT2D eigenvalue weighted by atomic mass is 16.5. The Morgan fingerprint density at radius 1 is 1.09 bits per heavy atom. The van der Waals surface area contributed by atoms with Gasteiger partial charge in [0.15, 0.2) is 0 Å². The van der Waals surface area contributed by atoms with Crippen molar-refractivity contribution in [3.8, 4) is 0 Å². The van der Waals surface area contributed by atoms with Crippen LogP contribution in [0.5, 0.6) is 0 Å². The van der Waals surface area contributed by atoms with E-state index in [4.69, 9.17) is 4.74 Å². The van der Waals surface area contributed by atoms with Gasteiger partial charge in [-0.05, 0) is 23.8 Å². The van der Waals surface area contributed by atoms with Crippen LogP contribution in [0.15, 0.2) is 54.6 Å². The molecule has 0 bridgehead atoms. The van der Waals surface area contributed by atoms with E-state index in [0.717, 1.165) is 11.3 Å². The average molecular weight is 295 g/mol. The molecule has 1 unspecified atom stereocenters. The minimum atomic E-state index is -0.256. The van der Waals surface area contributed by atoms with Crippen molar-refractivity contribution in [1.29, 1.82) is 0 Å². The third-order valence-corrected chi connectivity index (χ3v) is 3.98. The summed E-state index contributed by atoms with van der Waals surface area (Å²) in [5.74, 6) is -0.314. The lowest BCUT2D eigenvalue weighted by atomic mass is 9.98. The second kappa shape index (κ2) is 6.02. The van der Waals surface area contributed by atoms with Gasteiger partial charge in [0.25, 0.3) is 5.91 Å². The van der Waals surface area contributed by atoms with Crippen molar-refractivity contribution in [3.05, 3.63) is 65.7 Å². The lowest BCUT2D eigenvalue weighted by molar-refractivity contribution is -0.141. The van der Waals surface area contributed by atoms with E-state index >= 15 is 0 Å². The van der Waals surface area contributed by atoms with Crippen LogP contribution in [0.3, 0.4) is 0 Å². The Bertz CT molecular complexity index is 696. The SMILES string of the molecule is COC(=O)CC1CN(C(=O)c2ccccc2)c2ccccc21. The number of rotatable bonds is 3. The van der Waals surface area contributed by atoms with Crippen molar-refractivity contribution in [2.75, 3.05) is 18.6 Å². The number of ether oxygens (including phenoxy) is 1. The quantitative estimate of drug-likeness (QED) is 0.818. The highest BCUT2D eigenvalue weighted by Crippen LogP contribution is 2.38. The first-order chi connectivity index (χ1) is 10.7. The predicted molar refractivity (Wildman–Crippen MR) is 83.9 cm³/mol. The summed E-state index contributed by atoms with van der Waals surface area (Å²) in [6, 6.07) is 16.9. The van der Waals surface area contributed by atoms with Crippen molar-refractivity contribution in [1.82, 2.24) is 0 Å². The fraction of sp³-hybridized carbons (Fsp3) is 0.222. The van der Waals surface area contributed by atoms with Gasteiger partial charge in [-0.15, -0.1) is 0 Å². The highest BCUT2D eigenvalue weighted by molar-refractivity contribution is 6.07. The lowest BCUT2D eigenvalue weighted by Crippen LogP contribution is -2.30. The summed E-state index contributed by atoms with van der Waals surface area (Å²) in [6.07, 6.45) is 0.284. The van der Waals surface area contributed by atoms with Crippen LogP contribution < -0.4 is 4.90 Å². The first kappa shape index (κ1) is 14.3. The minimum Gasteiger partial charge on any atom is -0.469 e. The number of hydrogen-bond donors (Lipinski definition) is 0. The van der Waals surface area contributed by atoms with E-state index < -0.39 is 0 Å². The van der Waals surface area contributed by atoms with Gasteiger partial charge in [0.2, 0.25) is 0 Å². The number of amides is 1. The van der Waals surface area contributed by atoms with Gasteiger partial charge in [0, 0.05) is 23.7 Å². The molecule has 1 amide bonds. The summed E-state index contributed by atoms with van der Waals surface area (Å²) in [4.78, 5) is 26.1. The van der Waals surface area contributed by atoms with Gasteiger partial charge < -0.3 is 9.64 Å². The molecule has 2 aromatic carbocycles. The molecule has 0 N–H and O–H groups in total. The Morgan fingerprint density at radius 3 is 2.50 bits per heavy atom. The Labute approximate surface area is 129 Å². The number of carbonyl (C=O) groups excluding carboxylic acids is 2. The van der Waals surface area contributed by atoms with Crippen LogP contribution >= 0.6 is 0 Å². The lowest BCUT2D eigenvalue weighted by Gasteiger charge is -2.17. The maximum atomic E-state index is 12.7. The number of benzene rings is 2. The zero-order valence-corrected chi connectivity index (χ0v) is 12.4. The molecule has 1 aliphatic rings. The highest BCUT2D eigenvalue weighted by Gasteiger charge is 2.33. The van der Waals surface area contributed by atoms with Gasteiger partial charge in [-0.3, -0.25) is 9.59 Å². The second-order valence-electron chi connectivity index (χ2n) is 5.32. The van der Waals surface area contributed by atoms with Crippen molar-refractivity contribution in [2.24, 2.45) is 0 Å². The Hall–Kier alpha value is -2.62. The van der Waals surface area contributed by atoms with Crippen LogP contribution in [0.4, 0.5) is 5.69 Å². The topological polar surface area (TPSA) is 46.6 Å². The number of esters is 1. The van der Waals surface area contributed by atoms with Crippen molar-refractivity contribution >= 4 is 17.6 Å². The van der Waals surface area contributed by atoms with E-state index in [-0.39, 0.29) is 24.2 Å². The molecule has 2 aromatic rings. The van der Waals surface area contributed by atoms with E-state index in [1.54, 1.807) is 17.0 Å². The standard InChI is InChI=1S/C18H17NO3/c1-22-17(20)11-14-12-19(16-10-6-5-9-15(14)16)18(21)13-7-3-2-4-8-13/h2-10,14H,11-12H2,1H3. The molecule has 4 nitrogen and oxygen atoms in total. The van der Waals surface area contributed by atoms with Gasteiger partial charge in [-0.1, -0.05) is 36.4 Å². The molecule has 0 radical (unpaired) electrons. The molecule has 0 spiro atoms.